The van der Waals surface area contributed by atoms with Crippen molar-refractivity contribution >= 4 is 0 Å². The van der Waals surface area contributed by atoms with E-state index in [4.69, 9.17) is 9.47 Å². The van der Waals surface area contributed by atoms with Crippen LogP contribution in [-0.4, -0.2) is 27.3 Å². The molecule has 1 aliphatic carbocycles. The Morgan fingerprint density at radius 2 is 1.84 bits per heavy atom. The molecule has 3 rings (SSSR count). The second-order valence-corrected chi connectivity index (χ2v) is 5.99. The number of nitrogens with one attached hydrogen (secondary N) is 1. The predicted molar refractivity (Wildman–Crippen MR) is 76.1 cm³/mol. The van der Waals surface area contributed by atoms with Crippen molar-refractivity contribution in [3.05, 3.63) is 23.8 Å². The molecular weight excluding hydrogens is 238 g/mol. The number of hydrogen-bond donors (Lipinski definition) is 1. The van der Waals surface area contributed by atoms with Crippen molar-refractivity contribution < 1.29 is 9.47 Å². The summed E-state index contributed by atoms with van der Waals surface area (Å²) in [5.74, 6) is 2.56. The Labute approximate surface area is 115 Å². The van der Waals surface area contributed by atoms with Gasteiger partial charge in [-0.25, -0.2) is 0 Å². The first-order valence-electron chi connectivity index (χ1n) is 7.19. The predicted octanol–water partition coefficient (Wildman–Crippen LogP) is 2.95. The van der Waals surface area contributed by atoms with E-state index in [9.17, 15) is 0 Å². The van der Waals surface area contributed by atoms with Crippen LogP contribution in [0.15, 0.2) is 18.2 Å². The zero-order valence-electron chi connectivity index (χ0n) is 11.9. The van der Waals surface area contributed by atoms with Gasteiger partial charge in [0.2, 0.25) is 0 Å². The largest absolute Gasteiger partial charge is 0.497 e. The fourth-order valence-corrected chi connectivity index (χ4v) is 3.53. The SMILES string of the molecule is COc1ccc(OC)c(C2CCC3(CC2)CNC3)c1. The zero-order valence-corrected chi connectivity index (χ0v) is 11.9. The van der Waals surface area contributed by atoms with Crippen molar-refractivity contribution in [1.82, 2.24) is 5.32 Å². The Bertz CT molecular complexity index is 444. The van der Waals surface area contributed by atoms with E-state index < -0.39 is 0 Å². The Balaban J connectivity index is 1.78. The van der Waals surface area contributed by atoms with Crippen LogP contribution in [0.1, 0.15) is 37.2 Å². The van der Waals surface area contributed by atoms with Crippen LogP contribution in [0.25, 0.3) is 0 Å². The summed E-state index contributed by atoms with van der Waals surface area (Å²) in [6.45, 7) is 2.43. The summed E-state index contributed by atoms with van der Waals surface area (Å²) in [5.41, 5.74) is 1.94. The summed E-state index contributed by atoms with van der Waals surface area (Å²) in [4.78, 5) is 0. The Morgan fingerprint density at radius 1 is 1.11 bits per heavy atom. The molecule has 1 aromatic rings. The summed E-state index contributed by atoms with van der Waals surface area (Å²) >= 11 is 0. The molecule has 1 saturated carbocycles. The molecular formula is C16H23NO2. The van der Waals surface area contributed by atoms with E-state index in [2.05, 4.69) is 11.4 Å². The maximum Gasteiger partial charge on any atom is 0.122 e. The molecule has 1 spiro atoms. The second kappa shape index (κ2) is 5.04. The normalized spacial score (nSPS) is 22.0. The third-order valence-corrected chi connectivity index (χ3v) is 4.92. The van der Waals surface area contributed by atoms with Crippen LogP contribution in [0.4, 0.5) is 0 Å². The van der Waals surface area contributed by atoms with Gasteiger partial charge in [0.25, 0.3) is 0 Å². The summed E-state index contributed by atoms with van der Waals surface area (Å²) in [7, 11) is 3.48. The number of ether oxygens (including phenoxy) is 2. The lowest BCUT2D eigenvalue weighted by Gasteiger charge is -2.47. The molecule has 2 aliphatic rings. The smallest absolute Gasteiger partial charge is 0.122 e. The zero-order chi connectivity index (χ0) is 13.3. The van der Waals surface area contributed by atoms with Crippen molar-refractivity contribution in [1.29, 1.82) is 0 Å². The molecule has 1 aromatic carbocycles. The van der Waals surface area contributed by atoms with Gasteiger partial charge < -0.3 is 14.8 Å². The number of rotatable bonds is 3. The van der Waals surface area contributed by atoms with Gasteiger partial charge in [0.15, 0.2) is 0 Å². The van der Waals surface area contributed by atoms with Gasteiger partial charge in [-0.1, -0.05) is 0 Å². The van der Waals surface area contributed by atoms with Crippen LogP contribution in [-0.2, 0) is 0 Å². The molecule has 0 amide bonds. The Kier molecular flexibility index (Phi) is 3.40. The number of hydrogen-bond acceptors (Lipinski definition) is 3. The number of methoxy groups -OCH3 is 2. The first-order chi connectivity index (χ1) is 9.26. The van der Waals surface area contributed by atoms with Gasteiger partial charge in [-0.05, 0) is 55.2 Å². The highest BCUT2D eigenvalue weighted by Crippen LogP contribution is 2.47. The molecule has 0 bridgehead atoms. The van der Waals surface area contributed by atoms with E-state index in [0.29, 0.717) is 11.3 Å². The van der Waals surface area contributed by atoms with E-state index >= 15 is 0 Å². The van der Waals surface area contributed by atoms with Crippen molar-refractivity contribution in [2.75, 3.05) is 27.3 Å². The third kappa shape index (κ3) is 2.32. The van der Waals surface area contributed by atoms with E-state index in [0.717, 1.165) is 11.5 Å². The van der Waals surface area contributed by atoms with Crippen molar-refractivity contribution in [2.24, 2.45) is 5.41 Å². The van der Waals surface area contributed by atoms with Crippen LogP contribution in [0.3, 0.4) is 0 Å². The second-order valence-electron chi connectivity index (χ2n) is 5.99. The van der Waals surface area contributed by atoms with Gasteiger partial charge in [-0.15, -0.1) is 0 Å². The molecule has 2 fully saturated rings. The molecule has 1 heterocycles. The minimum Gasteiger partial charge on any atom is -0.497 e. The standard InChI is InChI=1S/C16H23NO2/c1-18-13-3-4-15(19-2)14(9-13)12-5-7-16(8-6-12)10-17-11-16/h3-4,9,12,17H,5-8,10-11H2,1-2H3. The average molecular weight is 261 g/mol. The highest BCUT2D eigenvalue weighted by molar-refractivity contribution is 5.42. The van der Waals surface area contributed by atoms with E-state index in [1.165, 1.54) is 44.3 Å². The lowest BCUT2D eigenvalue weighted by Crippen LogP contribution is -2.54. The van der Waals surface area contributed by atoms with Gasteiger partial charge >= 0.3 is 0 Å². The van der Waals surface area contributed by atoms with Crippen LogP contribution >= 0.6 is 0 Å². The molecule has 1 saturated heterocycles. The third-order valence-electron chi connectivity index (χ3n) is 4.92. The molecule has 0 radical (unpaired) electrons. The van der Waals surface area contributed by atoms with Gasteiger partial charge in [-0.2, -0.15) is 0 Å². The van der Waals surface area contributed by atoms with E-state index in [1.807, 2.05) is 12.1 Å². The van der Waals surface area contributed by atoms with Crippen LogP contribution in [0.2, 0.25) is 0 Å². The first kappa shape index (κ1) is 12.8. The highest BCUT2D eigenvalue weighted by atomic mass is 16.5. The fraction of sp³-hybridized carbons (Fsp3) is 0.625. The number of benzene rings is 1. The van der Waals surface area contributed by atoms with Crippen molar-refractivity contribution in [3.8, 4) is 11.5 Å². The summed E-state index contributed by atoms with van der Waals surface area (Å²) in [6.07, 6.45) is 5.21. The quantitative estimate of drug-likeness (QED) is 0.907. The monoisotopic (exact) mass is 261 g/mol. The summed E-state index contributed by atoms with van der Waals surface area (Å²) < 4.78 is 10.9. The first-order valence-corrected chi connectivity index (χ1v) is 7.19. The highest BCUT2D eigenvalue weighted by Gasteiger charge is 2.40. The molecule has 19 heavy (non-hydrogen) atoms. The van der Waals surface area contributed by atoms with Gasteiger partial charge in [-0.3, -0.25) is 0 Å². The lowest BCUT2D eigenvalue weighted by molar-refractivity contribution is 0.0970. The lowest BCUT2D eigenvalue weighted by atomic mass is 9.66. The molecule has 104 valence electrons. The van der Waals surface area contributed by atoms with E-state index in [1.54, 1.807) is 14.2 Å². The van der Waals surface area contributed by atoms with Crippen molar-refractivity contribution in [3.63, 3.8) is 0 Å². The fourth-order valence-electron chi connectivity index (χ4n) is 3.53. The molecule has 1 N–H and O–H groups in total. The topological polar surface area (TPSA) is 30.5 Å². The maximum atomic E-state index is 5.52. The van der Waals surface area contributed by atoms with Crippen LogP contribution < -0.4 is 14.8 Å². The molecule has 0 aromatic heterocycles. The van der Waals surface area contributed by atoms with Gasteiger partial charge in [0.1, 0.15) is 11.5 Å². The minimum atomic E-state index is 0.614. The van der Waals surface area contributed by atoms with E-state index in [-0.39, 0.29) is 0 Å². The summed E-state index contributed by atoms with van der Waals surface area (Å²) in [5, 5.41) is 3.42. The molecule has 3 nitrogen and oxygen atoms in total. The average Bonchev–Trinajstić information content (AvgIpc) is 2.45. The Hall–Kier alpha value is -1.22. The Morgan fingerprint density at radius 3 is 2.37 bits per heavy atom. The molecule has 3 heteroatoms. The molecule has 0 unspecified atom stereocenters. The van der Waals surface area contributed by atoms with Crippen molar-refractivity contribution in [2.45, 2.75) is 31.6 Å². The van der Waals surface area contributed by atoms with Crippen LogP contribution in [0.5, 0.6) is 11.5 Å². The molecule has 1 aliphatic heterocycles. The molecule has 0 atom stereocenters. The maximum absolute atomic E-state index is 5.52. The van der Waals surface area contributed by atoms with Crippen LogP contribution in [0, 0.1) is 5.41 Å². The minimum absolute atomic E-state index is 0.614. The summed E-state index contributed by atoms with van der Waals surface area (Å²) in [6, 6.07) is 6.16. The van der Waals surface area contributed by atoms with Gasteiger partial charge in [0, 0.05) is 18.7 Å². The van der Waals surface area contributed by atoms with Gasteiger partial charge in [0.05, 0.1) is 14.2 Å².